The Morgan fingerprint density at radius 2 is 1.61 bits per heavy atom. The molecule has 0 amide bonds. The highest BCUT2D eigenvalue weighted by atomic mass is 32.2. The van der Waals surface area contributed by atoms with Gasteiger partial charge in [-0.15, -0.1) is 6.58 Å². The number of benzene rings is 2. The van der Waals surface area contributed by atoms with Crippen LogP contribution in [0.4, 0.5) is 0 Å². The van der Waals surface area contributed by atoms with Gasteiger partial charge in [-0.1, -0.05) is 90.7 Å². The second-order valence-corrected chi connectivity index (χ2v) is 6.80. The molecule has 1 N–H and O–H groups in total. The molecule has 0 aliphatic carbocycles. The Labute approximate surface area is 146 Å². The van der Waals surface area contributed by atoms with E-state index in [1.807, 2.05) is 60.7 Å². The Kier molecular flexibility index (Phi) is 4.96. The van der Waals surface area contributed by atoms with Crippen LogP contribution < -0.4 is 0 Å². The number of rotatable bonds is 4. The van der Waals surface area contributed by atoms with Crippen molar-refractivity contribution in [1.29, 1.82) is 0 Å². The van der Waals surface area contributed by atoms with Crippen molar-refractivity contribution in [1.82, 2.24) is 4.90 Å². The first kappa shape index (κ1) is 16.0. The summed E-state index contributed by atoms with van der Waals surface area (Å²) in [5.74, 6) is 0. The minimum atomic E-state index is -0.778. The van der Waals surface area contributed by atoms with Crippen molar-refractivity contribution in [2.75, 3.05) is 6.54 Å². The second kappa shape index (κ2) is 7.13. The number of thioether (sulfide) groups is 1. The van der Waals surface area contributed by atoms with Crippen molar-refractivity contribution in [3.63, 3.8) is 0 Å². The van der Waals surface area contributed by atoms with Crippen LogP contribution in [-0.4, -0.2) is 27.1 Å². The molecule has 3 rings (SSSR count). The van der Waals surface area contributed by atoms with Gasteiger partial charge in [0.15, 0.2) is 6.23 Å². The summed E-state index contributed by atoms with van der Waals surface area (Å²) < 4.78 is 0.663. The van der Waals surface area contributed by atoms with Crippen molar-refractivity contribution >= 4 is 38.8 Å². The van der Waals surface area contributed by atoms with Crippen molar-refractivity contribution in [2.24, 2.45) is 0 Å². The topological polar surface area (TPSA) is 23.5 Å². The van der Waals surface area contributed by atoms with Crippen LogP contribution in [0.15, 0.2) is 73.3 Å². The van der Waals surface area contributed by atoms with Gasteiger partial charge in [0.25, 0.3) is 0 Å². The van der Waals surface area contributed by atoms with Crippen LogP contribution in [-0.2, 0) is 0 Å². The Morgan fingerprint density at radius 3 is 2.17 bits per heavy atom. The fourth-order valence-electron chi connectivity index (χ4n) is 2.59. The van der Waals surface area contributed by atoms with Crippen molar-refractivity contribution in [3.8, 4) is 0 Å². The van der Waals surface area contributed by atoms with Crippen molar-refractivity contribution < 1.29 is 5.11 Å². The van der Waals surface area contributed by atoms with E-state index in [0.29, 0.717) is 10.9 Å². The zero-order valence-electron chi connectivity index (χ0n) is 12.6. The summed E-state index contributed by atoms with van der Waals surface area (Å²) in [6.07, 6.45) is 0.978. The highest BCUT2D eigenvalue weighted by Gasteiger charge is 2.32. The Bertz CT molecular complexity index is 740. The third-order valence-corrected chi connectivity index (χ3v) is 5.22. The van der Waals surface area contributed by atoms with E-state index < -0.39 is 6.23 Å². The predicted molar refractivity (Wildman–Crippen MR) is 103 cm³/mol. The molecule has 1 heterocycles. The van der Waals surface area contributed by atoms with Gasteiger partial charge < -0.3 is 10.0 Å². The number of nitrogens with zero attached hydrogens (tertiary/aromatic N) is 1. The summed E-state index contributed by atoms with van der Waals surface area (Å²) in [4.78, 5) is 2.80. The maximum atomic E-state index is 10.9. The average molecular weight is 339 g/mol. The smallest absolute Gasteiger partial charge is 0.156 e. The molecule has 0 spiro atoms. The molecule has 0 fully saturated rings. The normalized spacial score (nSPS) is 18.2. The van der Waals surface area contributed by atoms with Crippen LogP contribution in [0.5, 0.6) is 0 Å². The standard InChI is InChI=1S/C19H17NOS2/c1-2-13-20-18(21)16(14-9-5-3-6-10-14)17(23-19(20)22)15-11-7-4-8-12-15/h2-12,18,21H,1,13H2. The van der Waals surface area contributed by atoms with E-state index in [2.05, 4.69) is 6.58 Å². The highest BCUT2D eigenvalue weighted by Crippen LogP contribution is 2.43. The second-order valence-electron chi connectivity index (χ2n) is 5.16. The van der Waals surface area contributed by atoms with Crippen LogP contribution in [0.2, 0.25) is 0 Å². The van der Waals surface area contributed by atoms with Gasteiger partial charge in [0.05, 0.1) is 0 Å². The SMILES string of the molecule is C=CCN1C(=S)SC(c2ccccc2)=C(c2ccccc2)C1O. The molecule has 1 aliphatic heterocycles. The van der Waals surface area contributed by atoms with E-state index in [1.54, 1.807) is 11.0 Å². The molecule has 0 saturated carbocycles. The predicted octanol–water partition coefficient (Wildman–Crippen LogP) is 4.39. The molecule has 0 bridgehead atoms. The lowest BCUT2D eigenvalue weighted by atomic mass is 10.00. The monoisotopic (exact) mass is 339 g/mol. The van der Waals surface area contributed by atoms with Gasteiger partial charge in [-0.2, -0.15) is 0 Å². The highest BCUT2D eigenvalue weighted by molar-refractivity contribution is 8.29. The third kappa shape index (κ3) is 3.24. The molecule has 0 aromatic heterocycles. The molecule has 2 aromatic rings. The van der Waals surface area contributed by atoms with Gasteiger partial charge in [-0.05, 0) is 11.1 Å². The molecule has 1 atom stereocenters. The van der Waals surface area contributed by atoms with Gasteiger partial charge in [0.1, 0.15) is 4.32 Å². The first-order chi connectivity index (χ1) is 11.2. The minimum Gasteiger partial charge on any atom is -0.369 e. The molecular weight excluding hydrogens is 322 g/mol. The Morgan fingerprint density at radius 1 is 1.04 bits per heavy atom. The molecular formula is C19H17NOS2. The molecule has 2 aromatic carbocycles. The van der Waals surface area contributed by atoms with Crippen LogP contribution in [0.3, 0.4) is 0 Å². The summed E-state index contributed by atoms with van der Waals surface area (Å²) in [5, 5.41) is 10.9. The zero-order valence-corrected chi connectivity index (χ0v) is 14.2. The first-order valence-electron chi connectivity index (χ1n) is 7.35. The van der Waals surface area contributed by atoms with Crippen LogP contribution >= 0.6 is 24.0 Å². The quantitative estimate of drug-likeness (QED) is 0.659. The summed E-state index contributed by atoms with van der Waals surface area (Å²) in [6, 6.07) is 20.0. The molecule has 2 nitrogen and oxygen atoms in total. The largest absolute Gasteiger partial charge is 0.369 e. The lowest BCUT2D eigenvalue weighted by Crippen LogP contribution is -2.41. The van der Waals surface area contributed by atoms with Crippen molar-refractivity contribution in [3.05, 3.63) is 84.4 Å². The molecule has 116 valence electrons. The maximum absolute atomic E-state index is 10.9. The third-order valence-electron chi connectivity index (χ3n) is 3.67. The molecule has 4 heteroatoms. The summed E-state index contributed by atoms with van der Waals surface area (Å²) in [6.45, 7) is 4.28. The van der Waals surface area contributed by atoms with E-state index in [9.17, 15) is 5.11 Å². The molecule has 1 aliphatic rings. The minimum absolute atomic E-state index is 0.519. The van der Waals surface area contributed by atoms with Gasteiger partial charge in [-0.25, -0.2) is 0 Å². The van der Waals surface area contributed by atoms with Crippen LogP contribution in [0.1, 0.15) is 11.1 Å². The average Bonchev–Trinajstić information content (AvgIpc) is 2.59. The number of aliphatic hydroxyl groups is 1. The lowest BCUT2D eigenvalue weighted by Gasteiger charge is -2.36. The number of thiocarbonyl (C=S) groups is 1. The molecule has 0 radical (unpaired) electrons. The van der Waals surface area contributed by atoms with E-state index in [4.69, 9.17) is 12.2 Å². The van der Waals surface area contributed by atoms with Gasteiger partial charge >= 0.3 is 0 Å². The van der Waals surface area contributed by atoms with Crippen LogP contribution in [0.25, 0.3) is 10.5 Å². The van der Waals surface area contributed by atoms with E-state index in [1.165, 1.54) is 11.8 Å². The van der Waals surface area contributed by atoms with E-state index in [-0.39, 0.29) is 0 Å². The Balaban J connectivity index is 2.18. The van der Waals surface area contributed by atoms with Gasteiger partial charge in [0, 0.05) is 17.0 Å². The molecule has 23 heavy (non-hydrogen) atoms. The van der Waals surface area contributed by atoms with E-state index >= 15 is 0 Å². The summed E-state index contributed by atoms with van der Waals surface area (Å²) in [5.41, 5.74) is 2.95. The fourth-order valence-corrected chi connectivity index (χ4v) is 4.07. The maximum Gasteiger partial charge on any atom is 0.156 e. The number of hydrogen-bond donors (Lipinski definition) is 1. The molecule has 0 saturated heterocycles. The first-order valence-corrected chi connectivity index (χ1v) is 8.57. The van der Waals surface area contributed by atoms with E-state index in [0.717, 1.165) is 21.6 Å². The lowest BCUT2D eigenvalue weighted by molar-refractivity contribution is 0.118. The van der Waals surface area contributed by atoms with Crippen LogP contribution in [0, 0.1) is 0 Å². The van der Waals surface area contributed by atoms with Gasteiger partial charge in [-0.3, -0.25) is 0 Å². The van der Waals surface area contributed by atoms with Crippen molar-refractivity contribution in [2.45, 2.75) is 6.23 Å². The Hall–Kier alpha value is -1.88. The number of hydrogen-bond acceptors (Lipinski definition) is 3. The van der Waals surface area contributed by atoms with Gasteiger partial charge in [0.2, 0.25) is 0 Å². The zero-order chi connectivity index (χ0) is 16.2. The number of aliphatic hydroxyl groups excluding tert-OH is 1. The summed E-state index contributed by atoms with van der Waals surface area (Å²) in [7, 11) is 0. The fraction of sp³-hybridized carbons (Fsp3) is 0.105. The molecule has 1 unspecified atom stereocenters. The summed E-state index contributed by atoms with van der Waals surface area (Å²) >= 11 is 7.02.